The van der Waals surface area contributed by atoms with Gasteiger partial charge >= 0.3 is 6.01 Å². The number of benzene rings is 1. The number of piperazine rings is 1. The number of hydrogen-bond acceptors (Lipinski definition) is 10. The number of nitrogens with zero attached hydrogens (tertiary/aromatic N) is 6. The molecule has 3 aromatic rings. The number of rotatable bonds is 10. The molecule has 0 bridgehead atoms. The standard InChI is InChI=1S/C28H34N8O3/c1-6-23(38)14-22-13-21(17-35-9-11-36(12-10-35)20(4)37)7-8-24(22)31-25-18(2)15-29-27(32-25)33-26-19(3)16-30-28(34-26)39-5/h6-8,13,15-16H,1,9-12,14,17H2,2-5H3,(H2,29,30,31,32,33,34). The number of aromatic nitrogens is 4. The van der Waals surface area contributed by atoms with Crippen molar-refractivity contribution in [1.29, 1.82) is 0 Å². The Morgan fingerprint density at radius 2 is 1.72 bits per heavy atom. The predicted molar refractivity (Wildman–Crippen MR) is 150 cm³/mol. The number of hydrogen-bond donors (Lipinski definition) is 2. The monoisotopic (exact) mass is 530 g/mol. The SMILES string of the molecule is C=CC(=O)Cc1cc(CN2CCN(C(C)=O)CC2)ccc1Nc1nc(Nc2nc(OC)ncc2C)ncc1C. The molecule has 11 nitrogen and oxygen atoms in total. The van der Waals surface area contributed by atoms with E-state index in [2.05, 4.69) is 42.0 Å². The van der Waals surface area contributed by atoms with E-state index in [1.807, 2.05) is 36.9 Å². The van der Waals surface area contributed by atoms with E-state index in [9.17, 15) is 9.59 Å². The van der Waals surface area contributed by atoms with Crippen LogP contribution < -0.4 is 15.4 Å². The van der Waals surface area contributed by atoms with Crippen LogP contribution in [0.3, 0.4) is 0 Å². The lowest BCUT2D eigenvalue weighted by molar-refractivity contribution is -0.130. The second-order valence-electron chi connectivity index (χ2n) is 9.48. The average molecular weight is 531 g/mol. The first-order valence-electron chi connectivity index (χ1n) is 12.8. The molecule has 39 heavy (non-hydrogen) atoms. The van der Waals surface area contributed by atoms with E-state index in [-0.39, 0.29) is 24.1 Å². The molecule has 4 rings (SSSR count). The first-order valence-corrected chi connectivity index (χ1v) is 12.8. The van der Waals surface area contributed by atoms with E-state index in [0.29, 0.717) is 17.6 Å². The van der Waals surface area contributed by atoms with Gasteiger partial charge in [0.2, 0.25) is 11.9 Å². The van der Waals surface area contributed by atoms with Crippen LogP contribution in [-0.2, 0) is 22.6 Å². The first-order chi connectivity index (χ1) is 18.7. The van der Waals surface area contributed by atoms with E-state index < -0.39 is 0 Å². The minimum atomic E-state index is -0.0692. The summed E-state index contributed by atoms with van der Waals surface area (Å²) in [5, 5.41) is 6.52. The molecule has 0 aliphatic carbocycles. The Labute approximate surface area is 228 Å². The summed E-state index contributed by atoms with van der Waals surface area (Å²) in [5.41, 5.74) is 4.38. The Hall–Kier alpha value is -4.38. The van der Waals surface area contributed by atoms with Crippen LogP contribution in [0.15, 0.2) is 43.2 Å². The highest BCUT2D eigenvalue weighted by Gasteiger charge is 2.19. The quantitative estimate of drug-likeness (QED) is 0.377. The molecule has 2 aromatic heterocycles. The lowest BCUT2D eigenvalue weighted by Gasteiger charge is -2.34. The molecule has 1 aromatic carbocycles. The van der Waals surface area contributed by atoms with Gasteiger partial charge in [-0.15, -0.1) is 0 Å². The Balaban J connectivity index is 1.54. The van der Waals surface area contributed by atoms with Crippen molar-refractivity contribution < 1.29 is 14.3 Å². The van der Waals surface area contributed by atoms with Gasteiger partial charge in [-0.2, -0.15) is 9.97 Å². The highest BCUT2D eigenvalue weighted by molar-refractivity contribution is 5.92. The zero-order chi connectivity index (χ0) is 27.9. The molecule has 0 saturated carbocycles. The summed E-state index contributed by atoms with van der Waals surface area (Å²) >= 11 is 0. The molecule has 1 aliphatic heterocycles. The summed E-state index contributed by atoms with van der Waals surface area (Å²) in [6, 6.07) is 6.31. The normalized spacial score (nSPS) is 13.6. The predicted octanol–water partition coefficient (Wildman–Crippen LogP) is 3.34. The van der Waals surface area contributed by atoms with Gasteiger partial charge in [0.05, 0.1) is 7.11 Å². The number of methoxy groups -OCH3 is 1. The van der Waals surface area contributed by atoms with Gasteiger partial charge in [-0.1, -0.05) is 18.7 Å². The number of anilines is 4. The molecule has 1 saturated heterocycles. The number of carbonyl (C=O) groups is 2. The van der Waals surface area contributed by atoms with Gasteiger partial charge in [0.15, 0.2) is 5.78 Å². The van der Waals surface area contributed by atoms with Crippen LogP contribution >= 0.6 is 0 Å². The Bertz CT molecular complexity index is 1370. The third-order valence-electron chi connectivity index (χ3n) is 6.57. The average Bonchev–Trinajstić information content (AvgIpc) is 2.93. The third kappa shape index (κ3) is 7.14. The molecule has 3 heterocycles. The number of nitrogens with one attached hydrogen (secondary N) is 2. The highest BCUT2D eigenvalue weighted by Crippen LogP contribution is 2.26. The van der Waals surface area contributed by atoms with E-state index in [4.69, 9.17) is 4.74 Å². The molecule has 0 spiro atoms. The first kappa shape index (κ1) is 27.6. The van der Waals surface area contributed by atoms with Crippen LogP contribution in [0.1, 0.15) is 29.2 Å². The molecule has 11 heteroatoms. The van der Waals surface area contributed by atoms with Crippen molar-refractivity contribution in [3.63, 3.8) is 0 Å². The second kappa shape index (κ2) is 12.4. The fraction of sp³-hybridized carbons (Fsp3) is 0.357. The Morgan fingerprint density at radius 1 is 1.03 bits per heavy atom. The number of carbonyl (C=O) groups excluding carboxylic acids is 2. The van der Waals surface area contributed by atoms with Gasteiger partial charge in [0.25, 0.3) is 0 Å². The lowest BCUT2D eigenvalue weighted by atomic mass is 10.0. The highest BCUT2D eigenvalue weighted by atomic mass is 16.5. The molecule has 1 fully saturated rings. The summed E-state index contributed by atoms with van der Waals surface area (Å²) in [6.07, 6.45) is 4.94. The molecule has 2 N–H and O–H groups in total. The van der Waals surface area contributed by atoms with Crippen LogP contribution in [0.2, 0.25) is 0 Å². The van der Waals surface area contributed by atoms with Crippen LogP contribution in [0.4, 0.5) is 23.3 Å². The minimum absolute atomic E-state index is 0.0692. The molecular weight excluding hydrogens is 496 g/mol. The maximum absolute atomic E-state index is 12.3. The van der Waals surface area contributed by atoms with Crippen LogP contribution in [0, 0.1) is 13.8 Å². The molecule has 204 valence electrons. The number of amides is 1. The van der Waals surface area contributed by atoms with E-state index >= 15 is 0 Å². The Kier molecular flexibility index (Phi) is 8.82. The molecule has 0 unspecified atom stereocenters. The van der Waals surface area contributed by atoms with E-state index in [1.165, 1.54) is 13.2 Å². The second-order valence-corrected chi connectivity index (χ2v) is 9.48. The minimum Gasteiger partial charge on any atom is -0.467 e. The van der Waals surface area contributed by atoms with Crippen molar-refractivity contribution in [3.05, 3.63) is 65.5 Å². The largest absolute Gasteiger partial charge is 0.467 e. The fourth-order valence-electron chi connectivity index (χ4n) is 4.27. The van der Waals surface area contributed by atoms with Gasteiger partial charge in [0.1, 0.15) is 11.6 Å². The molecule has 0 atom stereocenters. The summed E-state index contributed by atoms with van der Waals surface area (Å²) in [7, 11) is 1.51. The third-order valence-corrected chi connectivity index (χ3v) is 6.57. The van der Waals surface area contributed by atoms with E-state index in [1.54, 1.807) is 19.3 Å². The van der Waals surface area contributed by atoms with Crippen molar-refractivity contribution in [2.24, 2.45) is 0 Å². The van der Waals surface area contributed by atoms with Crippen molar-refractivity contribution in [2.45, 2.75) is 33.7 Å². The van der Waals surface area contributed by atoms with Crippen molar-refractivity contribution in [1.82, 2.24) is 29.7 Å². The van der Waals surface area contributed by atoms with Gasteiger partial charge < -0.3 is 20.3 Å². The number of allylic oxidation sites excluding steroid dienone is 1. The van der Waals surface area contributed by atoms with Gasteiger partial charge in [-0.05, 0) is 37.1 Å². The van der Waals surface area contributed by atoms with Crippen molar-refractivity contribution >= 4 is 35.0 Å². The maximum atomic E-state index is 12.3. The summed E-state index contributed by atoms with van der Waals surface area (Å²) in [4.78, 5) is 45.7. The van der Waals surface area contributed by atoms with Crippen LogP contribution in [-0.4, -0.2) is 74.7 Å². The summed E-state index contributed by atoms with van der Waals surface area (Å²) in [5.74, 6) is 1.55. The fourth-order valence-corrected chi connectivity index (χ4v) is 4.27. The number of aryl methyl sites for hydroxylation is 2. The van der Waals surface area contributed by atoms with Gasteiger partial charge in [0, 0.05) is 75.3 Å². The number of ketones is 1. The smallest absolute Gasteiger partial charge is 0.318 e. The zero-order valence-electron chi connectivity index (χ0n) is 22.8. The van der Waals surface area contributed by atoms with Crippen LogP contribution in [0.25, 0.3) is 0 Å². The Morgan fingerprint density at radius 3 is 2.38 bits per heavy atom. The van der Waals surface area contributed by atoms with Gasteiger partial charge in [-0.25, -0.2) is 9.97 Å². The molecular formula is C28H34N8O3. The van der Waals surface area contributed by atoms with Crippen molar-refractivity contribution in [3.8, 4) is 6.01 Å². The summed E-state index contributed by atoms with van der Waals surface area (Å²) in [6.45, 7) is 12.8. The zero-order valence-corrected chi connectivity index (χ0v) is 22.8. The molecule has 0 radical (unpaired) electrons. The lowest BCUT2D eigenvalue weighted by Crippen LogP contribution is -2.47. The molecule has 1 aliphatic rings. The molecule has 1 amide bonds. The van der Waals surface area contributed by atoms with Crippen molar-refractivity contribution in [2.75, 3.05) is 43.9 Å². The topological polar surface area (TPSA) is 125 Å². The maximum Gasteiger partial charge on any atom is 0.318 e. The van der Waals surface area contributed by atoms with Gasteiger partial charge in [-0.3, -0.25) is 14.5 Å². The van der Waals surface area contributed by atoms with Crippen LogP contribution in [0.5, 0.6) is 6.01 Å². The summed E-state index contributed by atoms with van der Waals surface area (Å²) < 4.78 is 5.13. The number of ether oxygens (including phenoxy) is 1. The van der Waals surface area contributed by atoms with E-state index in [0.717, 1.165) is 60.7 Å².